The van der Waals surface area contributed by atoms with Crippen LogP contribution in [0.2, 0.25) is 0 Å². The first-order valence-corrected chi connectivity index (χ1v) is 15.9. The molecule has 0 spiro atoms. The summed E-state index contributed by atoms with van der Waals surface area (Å²) >= 11 is 1.62. The molecule has 0 aliphatic heterocycles. The van der Waals surface area contributed by atoms with Gasteiger partial charge in [0.2, 0.25) is 0 Å². The summed E-state index contributed by atoms with van der Waals surface area (Å²) < 4.78 is 0. The fourth-order valence-corrected chi connectivity index (χ4v) is 10.6. The van der Waals surface area contributed by atoms with E-state index in [4.69, 9.17) is 0 Å². The number of hydrogen-bond donors (Lipinski definition) is 1. The Balaban J connectivity index is 0.000000791. The van der Waals surface area contributed by atoms with Crippen LogP contribution in [0, 0.1) is 5.92 Å². The van der Waals surface area contributed by atoms with Crippen molar-refractivity contribution in [3.05, 3.63) is 60.7 Å². The molecule has 0 bridgehead atoms. The van der Waals surface area contributed by atoms with Gasteiger partial charge in [-0.2, -0.15) is 0 Å². The molecule has 0 heterocycles. The summed E-state index contributed by atoms with van der Waals surface area (Å²) in [7, 11) is 0. The third kappa shape index (κ3) is 6.30. The van der Waals surface area contributed by atoms with Crippen LogP contribution in [-0.4, -0.2) is 17.4 Å². The minimum atomic E-state index is -1.45. The molecule has 1 saturated carbocycles. The summed E-state index contributed by atoms with van der Waals surface area (Å²) in [6.07, 6.45) is 5.80. The van der Waals surface area contributed by atoms with Gasteiger partial charge in [-0.05, 0) is 0 Å². The van der Waals surface area contributed by atoms with Gasteiger partial charge < -0.3 is 0 Å². The molecular weight excluding hydrogens is 507 g/mol. The molecule has 3 rings (SSSR count). The average Bonchev–Trinajstić information content (AvgIpc) is 3.27. The predicted octanol–water partition coefficient (Wildman–Crippen LogP) is 5.72. The van der Waals surface area contributed by atoms with Crippen molar-refractivity contribution in [3.8, 4) is 0 Å². The second kappa shape index (κ2) is 12.8. The second-order valence-electron chi connectivity index (χ2n) is 6.21. The van der Waals surface area contributed by atoms with Gasteiger partial charge in [0.15, 0.2) is 0 Å². The van der Waals surface area contributed by atoms with Crippen molar-refractivity contribution in [1.29, 1.82) is 0 Å². The van der Waals surface area contributed by atoms with Crippen molar-refractivity contribution < 1.29 is 23.9 Å². The van der Waals surface area contributed by atoms with Crippen molar-refractivity contribution in [1.82, 2.24) is 0 Å². The van der Waals surface area contributed by atoms with Gasteiger partial charge in [-0.25, -0.2) is 0 Å². The maximum absolute atomic E-state index is 10.8. The molecule has 1 nitrogen and oxygen atoms in total. The molecule has 0 radical (unpaired) electrons. The molecule has 0 amide bonds. The zero-order valence-corrected chi connectivity index (χ0v) is 20.6. The molecule has 1 aliphatic rings. The van der Waals surface area contributed by atoms with Crippen LogP contribution in [-0.2, 0) is 18.8 Å². The van der Waals surface area contributed by atoms with Gasteiger partial charge in [-0.15, -0.1) is 0 Å². The minimum absolute atomic E-state index is 0.145. The van der Waals surface area contributed by atoms with Crippen LogP contribution in [0.1, 0.15) is 53.4 Å². The van der Waals surface area contributed by atoms with E-state index in [0.717, 1.165) is 6.16 Å². The van der Waals surface area contributed by atoms with Crippen LogP contribution in [0.15, 0.2) is 60.7 Å². The molecule has 26 heavy (non-hydrogen) atoms. The molecule has 2 aromatic carbocycles. The van der Waals surface area contributed by atoms with Gasteiger partial charge in [0.1, 0.15) is 0 Å². The van der Waals surface area contributed by atoms with Gasteiger partial charge in [0, 0.05) is 0 Å². The SMILES string of the molecule is CC.CC.O[C@@H](C[P](=[W])(c1ccccc1)c1ccccc1)C1CCCC1. The molecule has 3 heteroatoms. The summed E-state index contributed by atoms with van der Waals surface area (Å²) in [6, 6.07) is 21.8. The summed E-state index contributed by atoms with van der Waals surface area (Å²) in [5, 5.41) is 13.7. The Labute approximate surface area is 171 Å². The van der Waals surface area contributed by atoms with Crippen molar-refractivity contribution in [2.75, 3.05) is 6.16 Å². The number of aliphatic hydroxyl groups excluding tert-OH is 1. The standard InChI is InChI=1S/C19H23OP.2C2H6.W/c20-19(16-9-7-8-10-16)15-21(17-11-3-1-4-12-17)18-13-5-2-6-14-18;2*1-2;/h1-6,11-14,16,19-20H,7-10,15H2;2*1-2H3;/t19-;;;/m0.../s1. The van der Waals surface area contributed by atoms with E-state index >= 15 is 0 Å². The van der Waals surface area contributed by atoms with Crippen LogP contribution in [0.4, 0.5) is 0 Å². The summed E-state index contributed by atoms with van der Waals surface area (Å²) in [5.74, 6) is 0.520. The quantitative estimate of drug-likeness (QED) is 0.480. The van der Waals surface area contributed by atoms with Crippen molar-refractivity contribution in [3.63, 3.8) is 0 Å². The monoisotopic (exact) mass is 542 g/mol. The van der Waals surface area contributed by atoms with Gasteiger partial charge in [0.05, 0.1) is 0 Å². The van der Waals surface area contributed by atoms with Gasteiger partial charge >= 0.3 is 144 Å². The number of benzene rings is 2. The van der Waals surface area contributed by atoms with E-state index in [1.165, 1.54) is 36.3 Å². The molecule has 1 N–H and O–H groups in total. The molecule has 1 aliphatic carbocycles. The summed E-state index contributed by atoms with van der Waals surface area (Å²) in [4.78, 5) is -1.45. The first kappa shape index (κ1) is 23.6. The Morgan fingerprint density at radius 1 is 0.846 bits per heavy atom. The van der Waals surface area contributed by atoms with Crippen LogP contribution in [0.5, 0.6) is 0 Å². The predicted molar refractivity (Wildman–Crippen MR) is 115 cm³/mol. The Morgan fingerprint density at radius 3 is 1.62 bits per heavy atom. The molecule has 0 unspecified atom stereocenters. The molecule has 144 valence electrons. The van der Waals surface area contributed by atoms with Gasteiger partial charge in [-0.3, -0.25) is 0 Å². The summed E-state index contributed by atoms with van der Waals surface area (Å²) in [5.41, 5.74) is 0. The second-order valence-corrected chi connectivity index (χ2v) is 15.8. The van der Waals surface area contributed by atoms with Gasteiger partial charge in [0.25, 0.3) is 0 Å². The van der Waals surface area contributed by atoms with Crippen molar-refractivity contribution in [2.24, 2.45) is 5.92 Å². The van der Waals surface area contributed by atoms with E-state index in [1.807, 2.05) is 27.7 Å². The van der Waals surface area contributed by atoms with Crippen LogP contribution in [0.3, 0.4) is 0 Å². The first-order valence-electron chi connectivity index (χ1n) is 10.1. The number of hydrogen-bond acceptors (Lipinski definition) is 1. The van der Waals surface area contributed by atoms with E-state index < -0.39 is 4.90 Å². The van der Waals surface area contributed by atoms with Crippen molar-refractivity contribution in [2.45, 2.75) is 59.5 Å². The number of aliphatic hydroxyl groups is 1. The molecule has 0 saturated heterocycles. The van der Waals surface area contributed by atoms with Crippen LogP contribution < -0.4 is 10.6 Å². The third-order valence-corrected chi connectivity index (χ3v) is 14.0. The molecule has 1 fully saturated rings. The van der Waals surface area contributed by atoms with Gasteiger partial charge in [-0.1, -0.05) is 27.7 Å². The number of rotatable bonds is 5. The first-order chi connectivity index (χ1) is 12.7. The Hall–Kier alpha value is -0.482. The zero-order valence-electron chi connectivity index (χ0n) is 16.8. The Bertz CT molecular complexity index is 592. The molecular formula is C23H35OPW. The fourth-order valence-electron chi connectivity index (χ4n) is 3.45. The van der Waals surface area contributed by atoms with E-state index in [9.17, 15) is 5.11 Å². The van der Waals surface area contributed by atoms with E-state index in [0.29, 0.717) is 5.92 Å². The van der Waals surface area contributed by atoms with Crippen LogP contribution in [0.25, 0.3) is 0 Å². The van der Waals surface area contributed by atoms with E-state index in [-0.39, 0.29) is 6.10 Å². The summed E-state index contributed by atoms with van der Waals surface area (Å²) in [6.45, 7) is 8.00. The normalized spacial score (nSPS) is 15.3. The zero-order chi connectivity index (χ0) is 19.4. The van der Waals surface area contributed by atoms with Crippen LogP contribution >= 0.6 is 4.90 Å². The topological polar surface area (TPSA) is 20.2 Å². The van der Waals surface area contributed by atoms with E-state index in [1.54, 1.807) is 18.8 Å². The third-order valence-electron chi connectivity index (χ3n) is 4.73. The Kier molecular flexibility index (Phi) is 11.6. The average molecular weight is 542 g/mol. The fraction of sp³-hybridized carbons (Fsp3) is 0.478. The van der Waals surface area contributed by atoms with Crippen molar-refractivity contribution >= 4 is 15.5 Å². The maximum atomic E-state index is 10.8. The van der Waals surface area contributed by atoms with E-state index in [2.05, 4.69) is 60.7 Å². The Morgan fingerprint density at radius 2 is 1.23 bits per heavy atom. The molecule has 1 atom stereocenters. The molecule has 0 aromatic heterocycles. The molecule has 2 aromatic rings.